The SMILES string of the molecule is CO[C@H]1OC(C)(CO)[C@H](O)[C@@H](O)[C@@H]1O. The van der Waals surface area contributed by atoms with Gasteiger partial charge in [-0.25, -0.2) is 0 Å². The summed E-state index contributed by atoms with van der Waals surface area (Å²) in [5.41, 5.74) is -1.32. The molecule has 0 bridgehead atoms. The largest absolute Gasteiger partial charge is 0.393 e. The predicted octanol–water partition coefficient (Wildman–Crippen LogP) is -2.18. The van der Waals surface area contributed by atoms with E-state index in [2.05, 4.69) is 0 Å². The molecule has 1 fully saturated rings. The average molecular weight is 208 g/mol. The molecule has 1 unspecified atom stereocenters. The monoisotopic (exact) mass is 208 g/mol. The molecule has 0 aliphatic carbocycles. The standard InChI is InChI=1S/C8H16O6/c1-8(3-9)6(12)4(10)5(11)7(13-2)14-8/h4-7,9-12H,3H2,1-2H3/t4-,5-,6+,7-,8?/m0/s1. The molecule has 4 N–H and O–H groups in total. The van der Waals surface area contributed by atoms with Crippen molar-refractivity contribution in [3.05, 3.63) is 0 Å². The van der Waals surface area contributed by atoms with E-state index in [1.165, 1.54) is 14.0 Å². The lowest BCUT2D eigenvalue weighted by Crippen LogP contribution is -2.64. The first-order valence-electron chi connectivity index (χ1n) is 4.32. The number of ether oxygens (including phenoxy) is 2. The van der Waals surface area contributed by atoms with E-state index in [1.54, 1.807) is 0 Å². The van der Waals surface area contributed by atoms with Crippen LogP contribution in [0.25, 0.3) is 0 Å². The summed E-state index contributed by atoms with van der Waals surface area (Å²) in [6, 6.07) is 0. The van der Waals surface area contributed by atoms with Crippen LogP contribution >= 0.6 is 0 Å². The highest BCUT2D eigenvalue weighted by Crippen LogP contribution is 2.29. The van der Waals surface area contributed by atoms with Crippen molar-refractivity contribution >= 4 is 0 Å². The fourth-order valence-electron chi connectivity index (χ4n) is 1.43. The summed E-state index contributed by atoms with van der Waals surface area (Å²) >= 11 is 0. The molecule has 0 aromatic carbocycles. The topological polar surface area (TPSA) is 99.4 Å². The van der Waals surface area contributed by atoms with Gasteiger partial charge in [-0.2, -0.15) is 0 Å². The van der Waals surface area contributed by atoms with E-state index < -0.39 is 36.8 Å². The van der Waals surface area contributed by atoms with Gasteiger partial charge in [-0.1, -0.05) is 0 Å². The molecule has 6 nitrogen and oxygen atoms in total. The van der Waals surface area contributed by atoms with E-state index in [0.717, 1.165) is 0 Å². The summed E-state index contributed by atoms with van der Waals surface area (Å²) in [6.07, 6.45) is -5.13. The van der Waals surface area contributed by atoms with Gasteiger partial charge in [-0.05, 0) is 6.92 Å². The van der Waals surface area contributed by atoms with Crippen molar-refractivity contribution in [1.82, 2.24) is 0 Å². The van der Waals surface area contributed by atoms with E-state index in [1.807, 2.05) is 0 Å². The normalized spacial score (nSPS) is 49.3. The molecule has 14 heavy (non-hydrogen) atoms. The predicted molar refractivity (Wildman–Crippen MR) is 45.4 cm³/mol. The van der Waals surface area contributed by atoms with Crippen molar-refractivity contribution in [3.8, 4) is 0 Å². The first-order valence-corrected chi connectivity index (χ1v) is 4.32. The van der Waals surface area contributed by atoms with Crippen LogP contribution in [-0.2, 0) is 9.47 Å². The molecule has 1 rings (SSSR count). The van der Waals surface area contributed by atoms with Gasteiger partial charge in [0.1, 0.15) is 23.9 Å². The van der Waals surface area contributed by atoms with Gasteiger partial charge in [-0.3, -0.25) is 0 Å². The lowest BCUT2D eigenvalue weighted by atomic mass is 9.89. The molecule has 0 aromatic rings. The second-order valence-electron chi connectivity index (χ2n) is 3.62. The number of methoxy groups -OCH3 is 1. The molecule has 1 aliphatic rings. The number of aliphatic hydroxyl groups is 4. The zero-order valence-electron chi connectivity index (χ0n) is 8.12. The van der Waals surface area contributed by atoms with Crippen molar-refractivity contribution < 1.29 is 29.9 Å². The van der Waals surface area contributed by atoms with Crippen molar-refractivity contribution in [2.45, 2.75) is 37.1 Å². The maximum absolute atomic E-state index is 9.53. The van der Waals surface area contributed by atoms with Gasteiger partial charge in [0.25, 0.3) is 0 Å². The summed E-state index contributed by atoms with van der Waals surface area (Å²) < 4.78 is 9.90. The van der Waals surface area contributed by atoms with Crippen LogP contribution in [0.4, 0.5) is 0 Å². The summed E-state index contributed by atoms with van der Waals surface area (Å²) in [7, 11) is 1.30. The number of hydrogen-bond acceptors (Lipinski definition) is 6. The Hall–Kier alpha value is -0.240. The maximum atomic E-state index is 9.53. The Morgan fingerprint density at radius 2 is 1.86 bits per heavy atom. The molecule has 0 spiro atoms. The summed E-state index contributed by atoms with van der Waals surface area (Å²) in [5, 5.41) is 37.4. The number of hydrogen-bond donors (Lipinski definition) is 4. The second-order valence-corrected chi connectivity index (χ2v) is 3.62. The molecule has 1 saturated heterocycles. The van der Waals surface area contributed by atoms with E-state index >= 15 is 0 Å². The first kappa shape index (κ1) is 11.8. The average Bonchev–Trinajstić information content (AvgIpc) is 2.20. The van der Waals surface area contributed by atoms with Crippen LogP contribution in [-0.4, -0.2) is 64.3 Å². The van der Waals surface area contributed by atoms with Gasteiger partial charge in [0.15, 0.2) is 6.29 Å². The molecule has 0 saturated carbocycles. The van der Waals surface area contributed by atoms with Gasteiger partial charge in [-0.15, -0.1) is 0 Å². The minimum Gasteiger partial charge on any atom is -0.393 e. The van der Waals surface area contributed by atoms with Crippen molar-refractivity contribution in [1.29, 1.82) is 0 Å². The Kier molecular flexibility index (Phi) is 3.46. The lowest BCUT2D eigenvalue weighted by Gasteiger charge is -2.45. The highest BCUT2D eigenvalue weighted by molar-refractivity contribution is 4.97. The number of rotatable bonds is 2. The summed E-state index contributed by atoms with van der Waals surface area (Å²) in [5.74, 6) is 0. The Bertz CT molecular complexity index is 196. The molecular formula is C8H16O6. The molecule has 0 aromatic heterocycles. The van der Waals surface area contributed by atoms with E-state index in [4.69, 9.17) is 14.6 Å². The zero-order chi connectivity index (χ0) is 10.9. The van der Waals surface area contributed by atoms with Crippen LogP contribution < -0.4 is 0 Å². The Labute approximate surface area is 81.7 Å². The maximum Gasteiger partial charge on any atom is 0.186 e. The minimum absolute atomic E-state index is 0.474. The minimum atomic E-state index is -1.40. The van der Waals surface area contributed by atoms with Crippen molar-refractivity contribution in [2.24, 2.45) is 0 Å². The quantitative estimate of drug-likeness (QED) is 0.412. The first-order chi connectivity index (χ1) is 6.46. The molecule has 0 amide bonds. The van der Waals surface area contributed by atoms with Crippen LogP contribution in [0.1, 0.15) is 6.92 Å². The molecular weight excluding hydrogens is 192 g/mol. The van der Waals surface area contributed by atoms with Gasteiger partial charge >= 0.3 is 0 Å². The summed E-state index contributed by atoms with van der Waals surface area (Å²) in [4.78, 5) is 0. The fraction of sp³-hybridized carbons (Fsp3) is 1.00. The van der Waals surface area contributed by atoms with Crippen LogP contribution in [0.15, 0.2) is 0 Å². The smallest absolute Gasteiger partial charge is 0.186 e. The van der Waals surface area contributed by atoms with E-state index in [9.17, 15) is 15.3 Å². The zero-order valence-corrected chi connectivity index (χ0v) is 8.12. The third-order valence-electron chi connectivity index (χ3n) is 2.51. The molecule has 0 radical (unpaired) electrons. The fourth-order valence-corrected chi connectivity index (χ4v) is 1.43. The van der Waals surface area contributed by atoms with Gasteiger partial charge < -0.3 is 29.9 Å². The van der Waals surface area contributed by atoms with Crippen molar-refractivity contribution in [2.75, 3.05) is 13.7 Å². The van der Waals surface area contributed by atoms with Crippen molar-refractivity contribution in [3.63, 3.8) is 0 Å². The molecule has 6 heteroatoms. The Balaban J connectivity index is 2.84. The molecule has 84 valence electrons. The Morgan fingerprint density at radius 3 is 2.29 bits per heavy atom. The Morgan fingerprint density at radius 1 is 1.29 bits per heavy atom. The van der Waals surface area contributed by atoms with Gasteiger partial charge in [0, 0.05) is 7.11 Å². The number of aliphatic hydroxyl groups excluding tert-OH is 4. The molecule has 1 heterocycles. The molecule has 1 aliphatic heterocycles. The van der Waals surface area contributed by atoms with E-state index in [-0.39, 0.29) is 0 Å². The second kappa shape index (κ2) is 4.09. The summed E-state index contributed by atoms with van der Waals surface area (Å²) in [6.45, 7) is 0.955. The highest BCUT2D eigenvalue weighted by Gasteiger charge is 2.50. The van der Waals surface area contributed by atoms with E-state index in [0.29, 0.717) is 0 Å². The van der Waals surface area contributed by atoms with Crippen LogP contribution in [0, 0.1) is 0 Å². The van der Waals surface area contributed by atoms with Crippen LogP contribution in [0.3, 0.4) is 0 Å². The third kappa shape index (κ3) is 1.77. The lowest BCUT2D eigenvalue weighted by molar-refractivity contribution is -0.327. The van der Waals surface area contributed by atoms with Crippen LogP contribution in [0.5, 0.6) is 0 Å². The third-order valence-corrected chi connectivity index (χ3v) is 2.51. The van der Waals surface area contributed by atoms with Crippen LogP contribution in [0.2, 0.25) is 0 Å². The van der Waals surface area contributed by atoms with Gasteiger partial charge in [0.05, 0.1) is 6.61 Å². The highest BCUT2D eigenvalue weighted by atomic mass is 16.7. The molecule has 5 atom stereocenters. The van der Waals surface area contributed by atoms with Gasteiger partial charge in [0.2, 0.25) is 0 Å².